The van der Waals surface area contributed by atoms with E-state index < -0.39 is 10.1 Å². The molecule has 5 nitrogen and oxygen atoms in total. The number of hydrogen-bond donors (Lipinski definition) is 1. The lowest BCUT2D eigenvalue weighted by Gasteiger charge is -2.01. The molecule has 0 fully saturated rings. The SMILES string of the molecule is Cc1c(S(=O)(=O)O)ccnc1Br.Cc1cccnc1. The summed E-state index contributed by atoms with van der Waals surface area (Å²) in [6.07, 6.45) is 4.91. The normalized spacial score (nSPS) is 10.5. The molecule has 2 aromatic heterocycles. The smallest absolute Gasteiger partial charge is 0.282 e. The zero-order chi connectivity index (χ0) is 14.5. The molecule has 0 bridgehead atoms. The van der Waals surface area contributed by atoms with Gasteiger partial charge in [0.2, 0.25) is 0 Å². The van der Waals surface area contributed by atoms with Crippen LogP contribution in [0.1, 0.15) is 11.1 Å². The van der Waals surface area contributed by atoms with E-state index >= 15 is 0 Å². The van der Waals surface area contributed by atoms with Crippen molar-refractivity contribution in [3.8, 4) is 0 Å². The second kappa shape index (κ2) is 6.74. The fraction of sp³-hybridized carbons (Fsp3) is 0.167. The van der Waals surface area contributed by atoms with Crippen molar-refractivity contribution in [1.29, 1.82) is 0 Å². The molecular formula is C12H13BrN2O3S. The molecule has 19 heavy (non-hydrogen) atoms. The highest BCUT2D eigenvalue weighted by Gasteiger charge is 2.14. The monoisotopic (exact) mass is 344 g/mol. The first-order valence-electron chi connectivity index (χ1n) is 5.27. The van der Waals surface area contributed by atoms with Crippen LogP contribution in [-0.4, -0.2) is 22.9 Å². The summed E-state index contributed by atoms with van der Waals surface area (Å²) in [6, 6.07) is 5.19. The maximum absolute atomic E-state index is 10.7. The molecule has 0 aliphatic heterocycles. The van der Waals surface area contributed by atoms with Crippen LogP contribution in [0.2, 0.25) is 0 Å². The van der Waals surface area contributed by atoms with E-state index in [0.29, 0.717) is 10.2 Å². The highest BCUT2D eigenvalue weighted by atomic mass is 79.9. The van der Waals surface area contributed by atoms with Gasteiger partial charge in [-0.25, -0.2) is 4.98 Å². The van der Waals surface area contributed by atoms with E-state index in [9.17, 15) is 8.42 Å². The summed E-state index contributed by atoms with van der Waals surface area (Å²) in [5, 5.41) is 0. The molecule has 0 saturated heterocycles. The van der Waals surface area contributed by atoms with E-state index in [2.05, 4.69) is 25.9 Å². The van der Waals surface area contributed by atoms with Gasteiger partial charge >= 0.3 is 0 Å². The topological polar surface area (TPSA) is 80.2 Å². The van der Waals surface area contributed by atoms with Crippen molar-refractivity contribution in [2.45, 2.75) is 18.7 Å². The van der Waals surface area contributed by atoms with E-state index in [1.54, 1.807) is 13.1 Å². The summed E-state index contributed by atoms with van der Waals surface area (Å²) in [6.45, 7) is 3.58. The maximum Gasteiger partial charge on any atom is 0.294 e. The van der Waals surface area contributed by atoms with Crippen LogP contribution in [0.5, 0.6) is 0 Å². The van der Waals surface area contributed by atoms with Gasteiger partial charge in [0.1, 0.15) is 9.50 Å². The van der Waals surface area contributed by atoms with E-state index in [0.717, 1.165) is 0 Å². The average Bonchev–Trinajstić information content (AvgIpc) is 2.33. The number of aromatic nitrogens is 2. The van der Waals surface area contributed by atoms with Gasteiger partial charge in [0.15, 0.2) is 0 Å². The zero-order valence-corrected chi connectivity index (χ0v) is 12.8. The van der Waals surface area contributed by atoms with Crippen LogP contribution in [-0.2, 0) is 10.1 Å². The van der Waals surface area contributed by atoms with Crippen molar-refractivity contribution in [2.24, 2.45) is 0 Å². The molecule has 0 radical (unpaired) electrons. The molecule has 0 unspecified atom stereocenters. The molecule has 2 rings (SSSR count). The third kappa shape index (κ3) is 5.06. The Morgan fingerprint density at radius 3 is 2.26 bits per heavy atom. The van der Waals surface area contributed by atoms with Crippen molar-refractivity contribution in [1.82, 2.24) is 9.97 Å². The molecular weight excluding hydrogens is 332 g/mol. The largest absolute Gasteiger partial charge is 0.294 e. The Kier molecular flexibility index (Phi) is 5.59. The number of aryl methyl sites for hydroxylation is 1. The number of nitrogens with zero attached hydrogens (tertiary/aromatic N) is 2. The van der Waals surface area contributed by atoms with Crippen molar-refractivity contribution < 1.29 is 13.0 Å². The fourth-order valence-electron chi connectivity index (χ4n) is 1.22. The Balaban J connectivity index is 0.000000218. The van der Waals surface area contributed by atoms with E-state index in [1.165, 1.54) is 17.8 Å². The summed E-state index contributed by atoms with van der Waals surface area (Å²) in [5.74, 6) is 0. The van der Waals surface area contributed by atoms with Gasteiger partial charge in [-0.3, -0.25) is 9.54 Å². The average molecular weight is 345 g/mol. The fourth-order valence-corrected chi connectivity index (χ4v) is 2.40. The lowest BCUT2D eigenvalue weighted by molar-refractivity contribution is 0.482. The first-order valence-corrected chi connectivity index (χ1v) is 7.51. The highest BCUT2D eigenvalue weighted by molar-refractivity contribution is 9.10. The number of rotatable bonds is 1. The molecule has 0 atom stereocenters. The first kappa shape index (κ1) is 15.7. The Labute approximate surface area is 120 Å². The minimum Gasteiger partial charge on any atom is -0.282 e. The molecule has 0 aliphatic rings. The standard InChI is InChI=1S/C6H6BrNO3S.C6H7N/c1-4-5(12(9,10)11)2-3-8-6(4)7;1-6-3-2-4-7-5-6/h2-3H,1H3,(H,9,10,11);2-5H,1H3. The van der Waals surface area contributed by atoms with Gasteiger partial charge in [-0.05, 0) is 47.5 Å². The summed E-state index contributed by atoms with van der Waals surface area (Å²) in [4.78, 5) is 7.56. The molecule has 0 aliphatic carbocycles. The van der Waals surface area contributed by atoms with Crippen LogP contribution < -0.4 is 0 Å². The minimum absolute atomic E-state index is 0.121. The van der Waals surface area contributed by atoms with Gasteiger partial charge in [-0.2, -0.15) is 8.42 Å². The Morgan fingerprint density at radius 1 is 1.21 bits per heavy atom. The molecule has 0 aromatic carbocycles. The van der Waals surface area contributed by atoms with E-state index in [-0.39, 0.29) is 4.90 Å². The van der Waals surface area contributed by atoms with Crippen LogP contribution >= 0.6 is 15.9 Å². The molecule has 102 valence electrons. The zero-order valence-electron chi connectivity index (χ0n) is 10.4. The molecule has 1 N–H and O–H groups in total. The van der Waals surface area contributed by atoms with Gasteiger partial charge in [-0.15, -0.1) is 0 Å². The van der Waals surface area contributed by atoms with Crippen LogP contribution in [0.15, 0.2) is 46.3 Å². The molecule has 0 amide bonds. The quantitative estimate of drug-likeness (QED) is 0.635. The van der Waals surface area contributed by atoms with E-state index in [4.69, 9.17) is 4.55 Å². The van der Waals surface area contributed by atoms with Crippen LogP contribution in [0.4, 0.5) is 0 Å². The molecule has 2 aromatic rings. The highest BCUT2D eigenvalue weighted by Crippen LogP contribution is 2.20. The summed E-state index contributed by atoms with van der Waals surface area (Å²) in [7, 11) is -4.13. The van der Waals surface area contributed by atoms with Crippen molar-refractivity contribution in [3.63, 3.8) is 0 Å². The third-order valence-corrected chi connectivity index (χ3v) is 3.98. The van der Waals surface area contributed by atoms with Gasteiger partial charge in [0.25, 0.3) is 10.1 Å². The third-order valence-electron chi connectivity index (χ3n) is 2.18. The molecule has 0 saturated carbocycles. The maximum atomic E-state index is 10.7. The van der Waals surface area contributed by atoms with Gasteiger partial charge in [0, 0.05) is 24.2 Å². The number of pyridine rings is 2. The summed E-state index contributed by atoms with van der Waals surface area (Å²) < 4.78 is 30.6. The Hall–Kier alpha value is -1.31. The second-order valence-corrected chi connectivity index (χ2v) is 5.87. The second-order valence-electron chi connectivity index (χ2n) is 3.73. The number of hydrogen-bond acceptors (Lipinski definition) is 4. The van der Waals surface area contributed by atoms with Crippen molar-refractivity contribution in [2.75, 3.05) is 0 Å². The van der Waals surface area contributed by atoms with Gasteiger partial charge < -0.3 is 0 Å². The van der Waals surface area contributed by atoms with E-state index in [1.807, 2.05) is 25.3 Å². The van der Waals surface area contributed by atoms with Gasteiger partial charge in [0.05, 0.1) is 0 Å². The summed E-state index contributed by atoms with van der Waals surface area (Å²) in [5.41, 5.74) is 1.61. The Morgan fingerprint density at radius 2 is 1.89 bits per heavy atom. The van der Waals surface area contributed by atoms with Gasteiger partial charge in [-0.1, -0.05) is 6.07 Å². The Bertz CT molecular complexity index is 645. The van der Waals surface area contributed by atoms with Crippen LogP contribution in [0.3, 0.4) is 0 Å². The minimum atomic E-state index is -4.13. The lowest BCUT2D eigenvalue weighted by atomic mass is 10.3. The first-order chi connectivity index (χ1) is 8.82. The lowest BCUT2D eigenvalue weighted by Crippen LogP contribution is -2.01. The predicted octanol–water partition coefficient (Wildman–Crippen LogP) is 2.79. The molecule has 0 spiro atoms. The van der Waals surface area contributed by atoms with Crippen molar-refractivity contribution >= 4 is 26.0 Å². The van der Waals surface area contributed by atoms with Crippen LogP contribution in [0, 0.1) is 13.8 Å². The molecule has 7 heteroatoms. The van der Waals surface area contributed by atoms with Crippen molar-refractivity contribution in [3.05, 3.63) is 52.5 Å². The predicted molar refractivity (Wildman–Crippen MR) is 75.5 cm³/mol. The number of halogens is 1. The van der Waals surface area contributed by atoms with Crippen LogP contribution in [0.25, 0.3) is 0 Å². The molecule has 2 heterocycles. The summed E-state index contributed by atoms with van der Waals surface area (Å²) >= 11 is 3.05.